The van der Waals surface area contributed by atoms with Crippen molar-refractivity contribution in [3.8, 4) is 11.4 Å². The number of carbonyl (C=O) groups is 1. The third-order valence-electron chi connectivity index (χ3n) is 4.20. The number of aryl methyl sites for hydroxylation is 2. The summed E-state index contributed by atoms with van der Waals surface area (Å²) in [5.41, 5.74) is 2.93. The number of fused-ring (bicyclic) bond motifs is 1. The molecule has 5 heteroatoms. The number of benzene rings is 1. The van der Waals surface area contributed by atoms with E-state index in [-0.39, 0.29) is 5.91 Å². The normalized spacial score (nSPS) is 14.3. The van der Waals surface area contributed by atoms with Gasteiger partial charge in [0.25, 0.3) is 0 Å². The van der Waals surface area contributed by atoms with Crippen LogP contribution in [0.1, 0.15) is 44.0 Å². The Morgan fingerprint density at radius 2 is 2.14 bits per heavy atom. The molecule has 22 heavy (non-hydrogen) atoms. The second kappa shape index (κ2) is 6.30. The van der Waals surface area contributed by atoms with Crippen molar-refractivity contribution < 1.29 is 4.79 Å². The lowest BCUT2D eigenvalue weighted by atomic mass is 10.1. The summed E-state index contributed by atoms with van der Waals surface area (Å²) < 4.78 is 2.23. The molecule has 0 saturated carbocycles. The van der Waals surface area contributed by atoms with E-state index in [0.29, 0.717) is 6.42 Å². The van der Waals surface area contributed by atoms with Crippen LogP contribution >= 0.6 is 0 Å². The van der Waals surface area contributed by atoms with Crippen molar-refractivity contribution in [2.45, 2.75) is 52.5 Å². The van der Waals surface area contributed by atoms with Gasteiger partial charge in [-0.1, -0.05) is 25.5 Å². The number of hydrogen-bond acceptors (Lipinski definition) is 3. The van der Waals surface area contributed by atoms with Gasteiger partial charge in [-0.3, -0.25) is 4.79 Å². The molecule has 0 unspecified atom stereocenters. The molecule has 0 fully saturated rings. The van der Waals surface area contributed by atoms with Crippen molar-refractivity contribution in [3.05, 3.63) is 29.6 Å². The maximum absolute atomic E-state index is 11.7. The van der Waals surface area contributed by atoms with Gasteiger partial charge >= 0.3 is 0 Å². The summed E-state index contributed by atoms with van der Waals surface area (Å²) in [6, 6.07) is 6.09. The van der Waals surface area contributed by atoms with Crippen molar-refractivity contribution in [1.29, 1.82) is 0 Å². The van der Waals surface area contributed by atoms with Crippen LogP contribution in [0.4, 0.5) is 5.69 Å². The number of nitrogens with zero attached hydrogens (tertiary/aromatic N) is 3. The van der Waals surface area contributed by atoms with Crippen LogP contribution in [-0.2, 0) is 17.8 Å². The first-order valence-electron chi connectivity index (χ1n) is 8.02. The van der Waals surface area contributed by atoms with Crippen LogP contribution in [0.5, 0.6) is 0 Å². The second-order valence-corrected chi connectivity index (χ2v) is 5.83. The number of carbonyl (C=O) groups excluding carboxylic acids is 1. The first kappa shape index (κ1) is 14.8. The Morgan fingerprint density at radius 1 is 1.27 bits per heavy atom. The lowest BCUT2D eigenvalue weighted by Crippen LogP contribution is -2.11. The molecular weight excluding hydrogens is 276 g/mol. The van der Waals surface area contributed by atoms with Gasteiger partial charge in [0.05, 0.1) is 0 Å². The Hall–Kier alpha value is -2.17. The van der Waals surface area contributed by atoms with E-state index in [1.807, 2.05) is 26.0 Å². The zero-order valence-electron chi connectivity index (χ0n) is 13.2. The predicted octanol–water partition coefficient (Wildman–Crippen LogP) is 3.33. The van der Waals surface area contributed by atoms with Gasteiger partial charge in [0.2, 0.25) is 5.91 Å². The first-order valence-corrected chi connectivity index (χ1v) is 8.02. The van der Waals surface area contributed by atoms with Crippen LogP contribution in [0, 0.1) is 6.92 Å². The molecule has 1 aliphatic rings. The van der Waals surface area contributed by atoms with E-state index in [9.17, 15) is 4.79 Å². The molecule has 3 rings (SSSR count). The van der Waals surface area contributed by atoms with Crippen LogP contribution in [0.3, 0.4) is 0 Å². The fourth-order valence-corrected chi connectivity index (χ4v) is 2.83. The summed E-state index contributed by atoms with van der Waals surface area (Å²) in [4.78, 5) is 11.7. The molecule has 0 aliphatic carbocycles. The van der Waals surface area contributed by atoms with Gasteiger partial charge in [-0.2, -0.15) is 0 Å². The molecule has 0 bridgehead atoms. The van der Waals surface area contributed by atoms with Crippen LogP contribution < -0.4 is 5.32 Å². The summed E-state index contributed by atoms with van der Waals surface area (Å²) in [7, 11) is 0. The minimum Gasteiger partial charge on any atom is -0.326 e. The smallest absolute Gasteiger partial charge is 0.224 e. The molecule has 1 aromatic carbocycles. The molecule has 0 spiro atoms. The molecular formula is C17H22N4O. The standard InChI is InChI=1S/C17H22N4O/c1-3-16(22)18-14-11-13(9-8-12(14)2)17-20-19-15-7-5-4-6-10-21(15)17/h8-9,11H,3-7,10H2,1-2H3,(H,18,22). The molecule has 0 atom stereocenters. The van der Waals surface area contributed by atoms with Gasteiger partial charge in [-0.15, -0.1) is 10.2 Å². The van der Waals surface area contributed by atoms with Crippen molar-refractivity contribution in [2.75, 3.05) is 5.32 Å². The molecule has 0 radical (unpaired) electrons. The van der Waals surface area contributed by atoms with Gasteiger partial charge in [-0.05, 0) is 31.4 Å². The third-order valence-corrected chi connectivity index (χ3v) is 4.20. The van der Waals surface area contributed by atoms with E-state index in [1.54, 1.807) is 0 Å². The summed E-state index contributed by atoms with van der Waals surface area (Å²) in [6.45, 7) is 4.83. The number of hydrogen-bond donors (Lipinski definition) is 1. The quantitative estimate of drug-likeness (QED) is 0.945. The van der Waals surface area contributed by atoms with Gasteiger partial charge in [0, 0.05) is 30.6 Å². The Balaban J connectivity index is 1.97. The average molecular weight is 298 g/mol. The van der Waals surface area contributed by atoms with E-state index in [1.165, 1.54) is 19.3 Å². The fraction of sp³-hybridized carbons (Fsp3) is 0.471. The third kappa shape index (κ3) is 2.89. The number of anilines is 1. The molecule has 1 amide bonds. The summed E-state index contributed by atoms with van der Waals surface area (Å²) in [6.07, 6.45) is 5.07. The molecule has 1 N–H and O–H groups in total. The van der Waals surface area contributed by atoms with E-state index in [4.69, 9.17) is 0 Å². The monoisotopic (exact) mass is 298 g/mol. The Morgan fingerprint density at radius 3 is 2.95 bits per heavy atom. The first-order chi connectivity index (χ1) is 10.7. The highest BCUT2D eigenvalue weighted by Crippen LogP contribution is 2.26. The van der Waals surface area contributed by atoms with E-state index >= 15 is 0 Å². The largest absolute Gasteiger partial charge is 0.326 e. The molecule has 1 aliphatic heterocycles. The van der Waals surface area contributed by atoms with Crippen molar-refractivity contribution in [2.24, 2.45) is 0 Å². The number of nitrogens with one attached hydrogen (secondary N) is 1. The SMILES string of the molecule is CCC(=O)Nc1cc(-c2nnc3n2CCCCC3)ccc1C. The van der Waals surface area contributed by atoms with Gasteiger partial charge in [-0.25, -0.2) is 0 Å². The lowest BCUT2D eigenvalue weighted by molar-refractivity contribution is -0.115. The van der Waals surface area contributed by atoms with Crippen LogP contribution in [-0.4, -0.2) is 20.7 Å². The maximum atomic E-state index is 11.7. The van der Waals surface area contributed by atoms with Gasteiger partial charge in [0.15, 0.2) is 5.82 Å². The minimum absolute atomic E-state index is 0.0281. The van der Waals surface area contributed by atoms with E-state index in [0.717, 1.165) is 41.4 Å². The zero-order chi connectivity index (χ0) is 15.5. The van der Waals surface area contributed by atoms with Crippen molar-refractivity contribution in [1.82, 2.24) is 14.8 Å². The summed E-state index contributed by atoms with van der Waals surface area (Å²) >= 11 is 0. The number of rotatable bonds is 3. The fourth-order valence-electron chi connectivity index (χ4n) is 2.83. The van der Waals surface area contributed by atoms with Crippen LogP contribution in [0.15, 0.2) is 18.2 Å². The topological polar surface area (TPSA) is 59.8 Å². The van der Waals surface area contributed by atoms with Crippen molar-refractivity contribution in [3.63, 3.8) is 0 Å². The van der Waals surface area contributed by atoms with E-state index < -0.39 is 0 Å². The highest BCUT2D eigenvalue weighted by Gasteiger charge is 2.16. The van der Waals surface area contributed by atoms with E-state index in [2.05, 4.69) is 26.1 Å². The molecule has 5 nitrogen and oxygen atoms in total. The molecule has 2 aromatic rings. The zero-order valence-corrected chi connectivity index (χ0v) is 13.2. The second-order valence-electron chi connectivity index (χ2n) is 5.83. The minimum atomic E-state index is 0.0281. The number of amides is 1. The Labute approximate surface area is 130 Å². The summed E-state index contributed by atoms with van der Waals surface area (Å²) in [5.74, 6) is 2.01. The molecule has 2 heterocycles. The highest BCUT2D eigenvalue weighted by molar-refractivity contribution is 5.92. The van der Waals surface area contributed by atoms with Gasteiger partial charge in [0.1, 0.15) is 5.82 Å². The molecule has 1 aromatic heterocycles. The average Bonchev–Trinajstić information content (AvgIpc) is 2.78. The highest BCUT2D eigenvalue weighted by atomic mass is 16.1. The Bertz CT molecular complexity index is 690. The Kier molecular flexibility index (Phi) is 4.22. The lowest BCUT2D eigenvalue weighted by Gasteiger charge is -2.11. The molecule has 116 valence electrons. The van der Waals surface area contributed by atoms with Gasteiger partial charge < -0.3 is 9.88 Å². The van der Waals surface area contributed by atoms with Crippen molar-refractivity contribution >= 4 is 11.6 Å². The number of aromatic nitrogens is 3. The molecule has 0 saturated heterocycles. The maximum Gasteiger partial charge on any atom is 0.224 e. The van der Waals surface area contributed by atoms with Crippen LogP contribution in [0.25, 0.3) is 11.4 Å². The van der Waals surface area contributed by atoms with Crippen LogP contribution in [0.2, 0.25) is 0 Å². The predicted molar refractivity (Wildman–Crippen MR) is 86.7 cm³/mol. The summed E-state index contributed by atoms with van der Waals surface area (Å²) in [5, 5.41) is 11.7.